The van der Waals surface area contributed by atoms with E-state index >= 15 is 0 Å². The minimum Gasteiger partial charge on any atom is -0.487 e. The summed E-state index contributed by atoms with van der Waals surface area (Å²) in [4.78, 5) is 11.0. The molecule has 0 bridgehead atoms. The number of aliphatic hydroxyl groups is 1. The maximum atomic E-state index is 11.0. The molecule has 1 aromatic carbocycles. The van der Waals surface area contributed by atoms with E-state index in [9.17, 15) is 9.90 Å². The standard InChI is InChI=1S/C11H12O5/c1-11(14)6-15-7-4-2-3-5-8(7)16-9(11)10(12)13/h2-5,9,14H,6H2,1H3,(H,12,13). The van der Waals surface area contributed by atoms with Crippen molar-refractivity contribution in [3.63, 3.8) is 0 Å². The minimum absolute atomic E-state index is 0.124. The highest BCUT2D eigenvalue weighted by molar-refractivity contribution is 5.74. The first kappa shape index (κ1) is 10.8. The first-order valence-electron chi connectivity index (χ1n) is 4.84. The maximum absolute atomic E-state index is 11.0. The average Bonchev–Trinajstić information content (AvgIpc) is 2.36. The number of carboxylic acids is 1. The third kappa shape index (κ3) is 1.81. The van der Waals surface area contributed by atoms with E-state index in [1.54, 1.807) is 24.3 Å². The summed E-state index contributed by atoms with van der Waals surface area (Å²) >= 11 is 0. The lowest BCUT2D eigenvalue weighted by atomic mass is 10.0. The zero-order chi connectivity index (χ0) is 11.8. The zero-order valence-electron chi connectivity index (χ0n) is 8.71. The van der Waals surface area contributed by atoms with Gasteiger partial charge < -0.3 is 19.7 Å². The molecule has 0 aliphatic carbocycles. The molecule has 1 aliphatic heterocycles. The summed E-state index contributed by atoms with van der Waals surface area (Å²) < 4.78 is 10.6. The summed E-state index contributed by atoms with van der Waals surface area (Å²) in [7, 11) is 0. The molecule has 2 atom stereocenters. The van der Waals surface area contributed by atoms with Crippen LogP contribution in [0.2, 0.25) is 0 Å². The maximum Gasteiger partial charge on any atom is 0.348 e. The molecule has 5 heteroatoms. The van der Waals surface area contributed by atoms with Crippen LogP contribution in [0.1, 0.15) is 6.92 Å². The Morgan fingerprint density at radius 3 is 2.69 bits per heavy atom. The van der Waals surface area contributed by atoms with E-state index in [4.69, 9.17) is 14.6 Å². The Morgan fingerprint density at radius 2 is 2.06 bits per heavy atom. The van der Waals surface area contributed by atoms with E-state index in [1.807, 2.05) is 0 Å². The number of rotatable bonds is 1. The molecular weight excluding hydrogens is 212 g/mol. The van der Waals surface area contributed by atoms with Gasteiger partial charge in [0, 0.05) is 0 Å². The fourth-order valence-corrected chi connectivity index (χ4v) is 1.54. The van der Waals surface area contributed by atoms with Gasteiger partial charge in [-0.25, -0.2) is 4.79 Å². The van der Waals surface area contributed by atoms with Gasteiger partial charge in [-0.1, -0.05) is 12.1 Å². The fraction of sp³-hybridized carbons (Fsp3) is 0.364. The highest BCUT2D eigenvalue weighted by Crippen LogP contribution is 2.33. The number of aliphatic carboxylic acids is 1. The predicted octanol–water partition coefficient (Wildman–Crippen LogP) is 0.662. The summed E-state index contributed by atoms with van der Waals surface area (Å²) in [6.07, 6.45) is -1.34. The van der Waals surface area contributed by atoms with Gasteiger partial charge in [-0.15, -0.1) is 0 Å². The van der Waals surface area contributed by atoms with E-state index in [-0.39, 0.29) is 6.61 Å². The highest BCUT2D eigenvalue weighted by Gasteiger charge is 2.43. The third-order valence-corrected chi connectivity index (χ3v) is 2.40. The Morgan fingerprint density at radius 1 is 1.44 bits per heavy atom. The fourth-order valence-electron chi connectivity index (χ4n) is 1.54. The lowest BCUT2D eigenvalue weighted by Crippen LogP contribution is -2.51. The van der Waals surface area contributed by atoms with E-state index in [2.05, 4.69) is 0 Å². The van der Waals surface area contributed by atoms with Crippen molar-refractivity contribution in [1.29, 1.82) is 0 Å². The molecule has 0 saturated carbocycles. The topological polar surface area (TPSA) is 76.0 Å². The van der Waals surface area contributed by atoms with E-state index in [0.29, 0.717) is 11.5 Å². The lowest BCUT2D eigenvalue weighted by molar-refractivity contribution is -0.158. The molecule has 0 radical (unpaired) electrons. The van der Waals surface area contributed by atoms with Crippen molar-refractivity contribution in [2.45, 2.75) is 18.6 Å². The van der Waals surface area contributed by atoms with Crippen LogP contribution in [0.25, 0.3) is 0 Å². The quantitative estimate of drug-likeness (QED) is 0.733. The molecule has 1 aliphatic rings. The monoisotopic (exact) mass is 224 g/mol. The number of carbonyl (C=O) groups is 1. The van der Waals surface area contributed by atoms with Gasteiger partial charge in [0.15, 0.2) is 11.5 Å². The Kier molecular flexibility index (Phi) is 2.47. The zero-order valence-corrected chi connectivity index (χ0v) is 8.71. The Labute approximate surface area is 92.2 Å². The van der Waals surface area contributed by atoms with E-state index in [0.717, 1.165) is 0 Å². The highest BCUT2D eigenvalue weighted by atomic mass is 16.6. The first-order chi connectivity index (χ1) is 7.50. The number of benzene rings is 1. The second-order valence-electron chi connectivity index (χ2n) is 3.93. The van der Waals surface area contributed by atoms with Crippen molar-refractivity contribution in [3.05, 3.63) is 24.3 Å². The van der Waals surface area contributed by atoms with Crippen LogP contribution in [0.15, 0.2) is 24.3 Å². The molecule has 5 nitrogen and oxygen atoms in total. The van der Waals surface area contributed by atoms with Crippen LogP contribution < -0.4 is 9.47 Å². The van der Waals surface area contributed by atoms with Gasteiger partial charge in [0.2, 0.25) is 6.10 Å². The van der Waals surface area contributed by atoms with Crippen LogP contribution in [0, 0.1) is 0 Å². The third-order valence-electron chi connectivity index (χ3n) is 2.40. The van der Waals surface area contributed by atoms with Crippen LogP contribution in [0.5, 0.6) is 11.5 Å². The molecular formula is C11H12O5. The normalized spacial score (nSPS) is 28.2. The number of ether oxygens (including phenoxy) is 2. The summed E-state index contributed by atoms with van der Waals surface area (Å²) in [6.45, 7) is 1.25. The second-order valence-corrected chi connectivity index (χ2v) is 3.93. The summed E-state index contributed by atoms with van der Waals surface area (Å²) in [5, 5.41) is 18.9. The predicted molar refractivity (Wildman–Crippen MR) is 54.6 cm³/mol. The van der Waals surface area contributed by atoms with Crippen molar-refractivity contribution >= 4 is 5.97 Å². The molecule has 2 unspecified atom stereocenters. The van der Waals surface area contributed by atoms with Gasteiger partial charge in [0.25, 0.3) is 0 Å². The largest absolute Gasteiger partial charge is 0.487 e. The van der Waals surface area contributed by atoms with Crippen molar-refractivity contribution in [3.8, 4) is 11.5 Å². The molecule has 0 saturated heterocycles. The van der Waals surface area contributed by atoms with E-state index < -0.39 is 17.7 Å². The number of para-hydroxylation sites is 2. The number of carboxylic acid groups (broad SMARTS) is 1. The SMILES string of the molecule is CC1(O)COc2ccccc2OC1C(=O)O. The average molecular weight is 224 g/mol. The lowest BCUT2D eigenvalue weighted by Gasteiger charge is -2.26. The molecule has 0 amide bonds. The smallest absolute Gasteiger partial charge is 0.348 e. The summed E-state index contributed by atoms with van der Waals surface area (Å²) in [5.41, 5.74) is -1.56. The molecule has 86 valence electrons. The van der Waals surface area contributed by atoms with Crippen LogP contribution >= 0.6 is 0 Å². The first-order valence-corrected chi connectivity index (χ1v) is 4.84. The van der Waals surface area contributed by atoms with Crippen LogP contribution in [-0.2, 0) is 4.79 Å². The molecule has 1 heterocycles. The second kappa shape index (κ2) is 3.68. The van der Waals surface area contributed by atoms with Gasteiger partial charge >= 0.3 is 5.97 Å². The van der Waals surface area contributed by atoms with Crippen molar-refractivity contribution < 1.29 is 24.5 Å². The van der Waals surface area contributed by atoms with Gasteiger partial charge in [-0.3, -0.25) is 0 Å². The molecule has 0 aromatic heterocycles. The Hall–Kier alpha value is -1.75. The van der Waals surface area contributed by atoms with Crippen molar-refractivity contribution in [2.75, 3.05) is 6.61 Å². The minimum atomic E-state index is -1.56. The molecule has 16 heavy (non-hydrogen) atoms. The molecule has 2 N–H and O–H groups in total. The van der Waals surface area contributed by atoms with Crippen LogP contribution in [-0.4, -0.2) is 34.5 Å². The van der Waals surface area contributed by atoms with Crippen LogP contribution in [0.4, 0.5) is 0 Å². The molecule has 0 spiro atoms. The van der Waals surface area contributed by atoms with E-state index in [1.165, 1.54) is 6.92 Å². The van der Waals surface area contributed by atoms with Gasteiger partial charge in [0.1, 0.15) is 12.2 Å². The number of fused-ring (bicyclic) bond motifs is 1. The van der Waals surface area contributed by atoms with Crippen molar-refractivity contribution in [1.82, 2.24) is 0 Å². The Balaban J connectivity index is 2.38. The van der Waals surface area contributed by atoms with Gasteiger partial charge in [0.05, 0.1) is 0 Å². The van der Waals surface area contributed by atoms with Gasteiger partial charge in [-0.2, -0.15) is 0 Å². The number of hydrogen-bond donors (Lipinski definition) is 2. The van der Waals surface area contributed by atoms with Gasteiger partial charge in [-0.05, 0) is 19.1 Å². The van der Waals surface area contributed by atoms with Crippen LogP contribution in [0.3, 0.4) is 0 Å². The van der Waals surface area contributed by atoms with Crippen molar-refractivity contribution in [2.24, 2.45) is 0 Å². The summed E-state index contributed by atoms with van der Waals surface area (Å²) in [6, 6.07) is 6.72. The summed E-state index contributed by atoms with van der Waals surface area (Å²) in [5.74, 6) is -0.454. The Bertz CT molecular complexity index is 413. The number of hydrogen-bond acceptors (Lipinski definition) is 4. The molecule has 2 rings (SSSR count). The molecule has 1 aromatic rings. The molecule has 0 fully saturated rings.